The van der Waals surface area contributed by atoms with Gasteiger partial charge in [0.1, 0.15) is 5.58 Å². The number of fused-ring (bicyclic) bond motifs is 1. The van der Waals surface area contributed by atoms with Crippen molar-refractivity contribution in [2.45, 2.75) is 0 Å². The number of anilines is 1. The van der Waals surface area contributed by atoms with E-state index in [1.165, 1.54) is 0 Å². The average molecular weight is 360 g/mol. The molecule has 0 unspecified atom stereocenters. The Morgan fingerprint density at radius 3 is 2.55 bits per heavy atom. The van der Waals surface area contributed by atoms with Gasteiger partial charge >= 0.3 is 5.63 Å². The number of halogens is 1. The molecule has 0 spiro atoms. The maximum atomic E-state index is 12.2. The van der Waals surface area contributed by atoms with Crippen LogP contribution in [0.1, 0.15) is 10.4 Å². The van der Waals surface area contributed by atoms with Crippen LogP contribution in [0.2, 0.25) is 0 Å². The smallest absolute Gasteiger partial charge is 0.364 e. The molecule has 0 aliphatic carbocycles. The lowest BCUT2D eigenvalue weighted by Gasteiger charge is -2.08. The summed E-state index contributed by atoms with van der Waals surface area (Å²) in [5.41, 5.74) is -0.491. The van der Waals surface area contributed by atoms with Crippen LogP contribution in [0, 0.1) is 0 Å². The van der Waals surface area contributed by atoms with Crippen molar-refractivity contribution in [3.8, 4) is 5.75 Å². The molecule has 3 rings (SSSR count). The van der Waals surface area contributed by atoms with Gasteiger partial charge in [0.15, 0.2) is 11.4 Å². The first kappa shape index (κ1) is 14.3. The lowest BCUT2D eigenvalue weighted by atomic mass is 10.2. The number of aromatic hydroxyl groups is 1. The molecule has 2 N–H and O–H groups in total. The van der Waals surface area contributed by atoms with Crippen LogP contribution in [0.4, 0.5) is 5.69 Å². The molecule has 6 heteroatoms. The highest BCUT2D eigenvalue weighted by atomic mass is 79.9. The number of hydrogen-bond acceptors (Lipinski definition) is 4. The summed E-state index contributed by atoms with van der Waals surface area (Å²) in [4.78, 5) is 24.2. The zero-order valence-electron chi connectivity index (χ0n) is 11.2. The van der Waals surface area contributed by atoms with Gasteiger partial charge in [-0.05, 0) is 40.2 Å². The second-order valence-electron chi connectivity index (χ2n) is 4.54. The van der Waals surface area contributed by atoms with Crippen molar-refractivity contribution in [1.29, 1.82) is 0 Å². The highest BCUT2D eigenvalue weighted by Crippen LogP contribution is 2.30. The largest absolute Gasteiger partial charge is 0.505 e. The second-order valence-corrected chi connectivity index (χ2v) is 5.40. The Hall–Kier alpha value is -2.60. The number of carbonyl (C=O) groups is 1. The van der Waals surface area contributed by atoms with Crippen molar-refractivity contribution < 1.29 is 14.3 Å². The van der Waals surface area contributed by atoms with Gasteiger partial charge in [-0.1, -0.05) is 24.3 Å². The summed E-state index contributed by atoms with van der Waals surface area (Å²) in [6, 6.07) is 13.3. The number of benzene rings is 2. The SMILES string of the molecule is O=C(Nc1c(O)c2ccccc2oc1=O)c1ccccc1Br. The van der Waals surface area contributed by atoms with E-state index in [-0.39, 0.29) is 17.0 Å². The molecule has 0 radical (unpaired) electrons. The number of amides is 1. The lowest BCUT2D eigenvalue weighted by molar-refractivity contribution is 0.102. The molecule has 0 bridgehead atoms. The van der Waals surface area contributed by atoms with Crippen LogP contribution in [0.25, 0.3) is 11.0 Å². The Balaban J connectivity index is 2.06. The first-order chi connectivity index (χ1) is 10.6. The van der Waals surface area contributed by atoms with E-state index in [0.717, 1.165) is 0 Å². The molecule has 0 aliphatic rings. The van der Waals surface area contributed by atoms with Gasteiger partial charge in [-0.3, -0.25) is 4.79 Å². The molecule has 0 saturated carbocycles. The van der Waals surface area contributed by atoms with Crippen molar-refractivity contribution in [3.05, 3.63) is 69.0 Å². The number of nitrogens with one attached hydrogen (secondary N) is 1. The standard InChI is InChI=1S/C16H10BrNO4/c17-11-7-3-1-5-9(11)15(20)18-13-14(19)10-6-2-4-8-12(10)22-16(13)21/h1-8,19H,(H,18,20). The molecule has 110 valence electrons. The molecule has 0 aliphatic heterocycles. The van der Waals surface area contributed by atoms with Crippen molar-refractivity contribution in [1.82, 2.24) is 0 Å². The second kappa shape index (κ2) is 5.65. The number of hydrogen-bond donors (Lipinski definition) is 2. The average Bonchev–Trinajstić information content (AvgIpc) is 2.51. The molecule has 1 heterocycles. The van der Waals surface area contributed by atoms with E-state index in [1.807, 2.05) is 0 Å². The quantitative estimate of drug-likeness (QED) is 0.686. The topological polar surface area (TPSA) is 79.5 Å². The summed E-state index contributed by atoms with van der Waals surface area (Å²) < 4.78 is 5.68. The zero-order valence-corrected chi connectivity index (χ0v) is 12.8. The fraction of sp³-hybridized carbons (Fsp3) is 0. The van der Waals surface area contributed by atoms with Gasteiger partial charge in [-0.2, -0.15) is 0 Å². The summed E-state index contributed by atoms with van der Waals surface area (Å²) in [5, 5.41) is 13.0. The lowest BCUT2D eigenvalue weighted by Crippen LogP contribution is -2.18. The first-order valence-corrected chi connectivity index (χ1v) is 7.18. The van der Waals surface area contributed by atoms with E-state index in [1.54, 1.807) is 48.5 Å². The molecule has 0 fully saturated rings. The monoisotopic (exact) mass is 359 g/mol. The van der Waals surface area contributed by atoms with Crippen LogP contribution < -0.4 is 10.9 Å². The Kier molecular flexibility index (Phi) is 3.68. The first-order valence-electron chi connectivity index (χ1n) is 6.38. The Bertz CT molecular complexity index is 933. The molecule has 1 amide bonds. The number of carbonyl (C=O) groups excluding carboxylic acids is 1. The van der Waals surface area contributed by atoms with Gasteiger partial charge < -0.3 is 14.8 Å². The summed E-state index contributed by atoms with van der Waals surface area (Å²) in [5.74, 6) is -0.836. The number of para-hydroxylation sites is 1. The Morgan fingerprint density at radius 2 is 1.77 bits per heavy atom. The van der Waals surface area contributed by atoms with Crippen molar-refractivity contribution in [2.75, 3.05) is 5.32 Å². The zero-order chi connectivity index (χ0) is 15.7. The van der Waals surface area contributed by atoms with Crippen LogP contribution in [-0.4, -0.2) is 11.0 Å². The third-order valence-electron chi connectivity index (χ3n) is 3.14. The molecule has 22 heavy (non-hydrogen) atoms. The molecule has 5 nitrogen and oxygen atoms in total. The fourth-order valence-corrected chi connectivity index (χ4v) is 2.53. The van der Waals surface area contributed by atoms with Gasteiger partial charge in [0.05, 0.1) is 10.9 Å². The van der Waals surface area contributed by atoms with E-state index in [0.29, 0.717) is 15.4 Å². The van der Waals surface area contributed by atoms with Gasteiger partial charge in [0.25, 0.3) is 5.91 Å². The molecular formula is C16H10BrNO4. The van der Waals surface area contributed by atoms with E-state index in [4.69, 9.17) is 4.42 Å². The molecule has 3 aromatic rings. The minimum atomic E-state index is -0.809. The summed E-state index contributed by atoms with van der Waals surface area (Å²) in [7, 11) is 0. The van der Waals surface area contributed by atoms with Crippen LogP contribution in [0.3, 0.4) is 0 Å². The minimum Gasteiger partial charge on any atom is -0.505 e. The third kappa shape index (κ3) is 2.48. The predicted octanol–water partition coefficient (Wildman–Crippen LogP) is 3.51. The molecule has 2 aromatic carbocycles. The van der Waals surface area contributed by atoms with Gasteiger partial charge in [0, 0.05) is 4.47 Å². The predicted molar refractivity (Wildman–Crippen MR) is 86.2 cm³/mol. The van der Waals surface area contributed by atoms with E-state index >= 15 is 0 Å². The van der Waals surface area contributed by atoms with Gasteiger partial charge in [-0.15, -0.1) is 0 Å². The highest BCUT2D eigenvalue weighted by molar-refractivity contribution is 9.10. The normalized spacial score (nSPS) is 10.6. The van der Waals surface area contributed by atoms with E-state index in [2.05, 4.69) is 21.2 Å². The molecule has 0 saturated heterocycles. The van der Waals surface area contributed by atoms with Crippen molar-refractivity contribution >= 4 is 38.5 Å². The molecule has 1 aromatic heterocycles. The van der Waals surface area contributed by atoms with E-state index in [9.17, 15) is 14.7 Å². The van der Waals surface area contributed by atoms with Crippen LogP contribution in [-0.2, 0) is 0 Å². The minimum absolute atomic E-state index is 0.254. The van der Waals surface area contributed by atoms with Gasteiger partial charge in [-0.25, -0.2) is 4.79 Å². The van der Waals surface area contributed by atoms with Crippen LogP contribution >= 0.6 is 15.9 Å². The highest BCUT2D eigenvalue weighted by Gasteiger charge is 2.18. The van der Waals surface area contributed by atoms with Crippen LogP contribution in [0.15, 0.2) is 62.2 Å². The maximum Gasteiger partial charge on any atom is 0.364 e. The maximum absolute atomic E-state index is 12.2. The fourth-order valence-electron chi connectivity index (χ4n) is 2.07. The van der Waals surface area contributed by atoms with Crippen molar-refractivity contribution in [2.24, 2.45) is 0 Å². The van der Waals surface area contributed by atoms with E-state index < -0.39 is 11.5 Å². The summed E-state index contributed by atoms with van der Waals surface area (Å²) in [6.07, 6.45) is 0. The van der Waals surface area contributed by atoms with Gasteiger partial charge in [0.2, 0.25) is 0 Å². The summed E-state index contributed by atoms with van der Waals surface area (Å²) in [6.45, 7) is 0. The van der Waals surface area contributed by atoms with Crippen molar-refractivity contribution in [3.63, 3.8) is 0 Å². The van der Waals surface area contributed by atoms with Crippen LogP contribution in [0.5, 0.6) is 5.75 Å². The Morgan fingerprint density at radius 1 is 1.09 bits per heavy atom. The Labute approximate surface area is 133 Å². The third-order valence-corrected chi connectivity index (χ3v) is 3.83. The molecule has 0 atom stereocenters. The molecular weight excluding hydrogens is 350 g/mol. The number of rotatable bonds is 2. The summed E-state index contributed by atoms with van der Waals surface area (Å²) >= 11 is 3.26.